The van der Waals surface area contributed by atoms with E-state index in [9.17, 15) is 16.8 Å². The Morgan fingerprint density at radius 3 is 2.38 bits per heavy atom. The van der Waals surface area contributed by atoms with Crippen LogP contribution in [0, 0.1) is 13.8 Å². The van der Waals surface area contributed by atoms with Gasteiger partial charge in [-0.15, -0.1) is 11.3 Å². The third-order valence-electron chi connectivity index (χ3n) is 5.11. The first kappa shape index (κ1) is 22.4. The molecule has 0 atom stereocenters. The predicted molar refractivity (Wildman–Crippen MR) is 133 cm³/mol. The molecule has 5 rings (SSSR count). The maximum absolute atomic E-state index is 13.1. The number of rotatable bonds is 6. The smallest absolute Gasteiger partial charge is 0.295 e. The summed E-state index contributed by atoms with van der Waals surface area (Å²) >= 11 is 1.40. The van der Waals surface area contributed by atoms with Gasteiger partial charge in [0.05, 0.1) is 31.5 Å². The molecule has 11 heteroatoms. The van der Waals surface area contributed by atoms with Crippen LogP contribution in [-0.2, 0) is 20.0 Å². The van der Waals surface area contributed by atoms with Gasteiger partial charge in [-0.05, 0) is 55.8 Å². The minimum Gasteiger partial charge on any atom is -0.443 e. The number of furan rings is 1. The van der Waals surface area contributed by atoms with Crippen LogP contribution in [0.15, 0.2) is 81.1 Å². The second kappa shape index (κ2) is 8.12. The highest BCUT2D eigenvalue weighted by atomic mass is 32.2. The number of nitrogens with zero attached hydrogens (tertiary/aromatic N) is 1. The van der Waals surface area contributed by atoms with Crippen LogP contribution in [0.1, 0.15) is 10.6 Å². The van der Waals surface area contributed by atoms with Crippen LogP contribution in [0.25, 0.3) is 21.2 Å². The Kier molecular flexibility index (Phi) is 5.34. The summed E-state index contributed by atoms with van der Waals surface area (Å²) < 4.78 is 63.5. The molecule has 2 N–H and O–H groups in total. The second-order valence-corrected chi connectivity index (χ2v) is 12.3. The van der Waals surface area contributed by atoms with Crippen LogP contribution in [0.5, 0.6) is 0 Å². The molecule has 0 amide bonds. The zero-order valence-electron chi connectivity index (χ0n) is 18.1. The lowest BCUT2D eigenvalue weighted by Crippen LogP contribution is -2.17. The van der Waals surface area contributed by atoms with Crippen molar-refractivity contribution in [3.05, 3.63) is 77.3 Å². The topological polar surface area (TPSA) is 118 Å². The molecule has 0 aliphatic carbocycles. The molecule has 0 unspecified atom stereocenters. The number of hydrogen-bond donors (Lipinski definition) is 2. The van der Waals surface area contributed by atoms with Gasteiger partial charge in [-0.3, -0.25) is 9.44 Å². The Hall–Kier alpha value is -3.41. The lowest BCUT2D eigenvalue weighted by atomic mass is 10.2. The normalized spacial score (nSPS) is 12.3. The van der Waals surface area contributed by atoms with E-state index < -0.39 is 20.0 Å². The quantitative estimate of drug-likeness (QED) is 0.320. The average molecular weight is 514 g/mol. The first-order valence-electron chi connectivity index (χ1n) is 10.1. The van der Waals surface area contributed by atoms with E-state index in [1.807, 2.05) is 6.92 Å². The van der Waals surface area contributed by atoms with E-state index in [1.165, 1.54) is 29.5 Å². The van der Waals surface area contributed by atoms with Crippen molar-refractivity contribution < 1.29 is 21.3 Å². The molecule has 174 valence electrons. The summed E-state index contributed by atoms with van der Waals surface area (Å²) in [5, 5.41) is 1.20. The van der Waals surface area contributed by atoms with Gasteiger partial charge in [0, 0.05) is 11.5 Å². The summed E-state index contributed by atoms with van der Waals surface area (Å²) in [7, 11) is -8.12. The molecule has 5 aromatic rings. The van der Waals surface area contributed by atoms with E-state index in [0.29, 0.717) is 11.0 Å². The van der Waals surface area contributed by atoms with Gasteiger partial charge in [0.15, 0.2) is 0 Å². The van der Waals surface area contributed by atoms with Gasteiger partial charge in [-0.2, -0.15) is 8.42 Å². The van der Waals surface area contributed by atoms with Crippen molar-refractivity contribution in [3.63, 3.8) is 0 Å². The number of thiazole rings is 1. The molecule has 0 saturated carbocycles. The van der Waals surface area contributed by atoms with E-state index in [1.54, 1.807) is 55.5 Å². The average Bonchev–Trinajstić information content (AvgIpc) is 3.38. The first-order valence-corrected chi connectivity index (χ1v) is 13.9. The molecule has 34 heavy (non-hydrogen) atoms. The summed E-state index contributed by atoms with van der Waals surface area (Å²) in [5.41, 5.74) is 2.06. The van der Waals surface area contributed by atoms with Crippen molar-refractivity contribution in [2.75, 3.05) is 9.44 Å². The minimum absolute atomic E-state index is 0.0512. The van der Waals surface area contributed by atoms with Gasteiger partial charge in [-0.1, -0.05) is 24.3 Å². The lowest BCUT2D eigenvalue weighted by molar-refractivity contribution is 0.484. The van der Waals surface area contributed by atoms with Crippen molar-refractivity contribution in [1.82, 2.24) is 4.98 Å². The van der Waals surface area contributed by atoms with Gasteiger partial charge in [0.2, 0.25) is 5.09 Å². The summed E-state index contributed by atoms with van der Waals surface area (Å²) in [6, 6.07) is 17.8. The minimum atomic E-state index is -4.12. The van der Waals surface area contributed by atoms with Crippen molar-refractivity contribution in [1.29, 1.82) is 0 Å². The van der Waals surface area contributed by atoms with Gasteiger partial charge in [-0.25, -0.2) is 13.4 Å². The van der Waals surface area contributed by atoms with E-state index >= 15 is 0 Å². The molecule has 0 aliphatic heterocycles. The molecule has 0 aliphatic rings. The fourth-order valence-electron chi connectivity index (χ4n) is 3.51. The summed E-state index contributed by atoms with van der Waals surface area (Å²) in [6.45, 7) is 3.63. The van der Waals surface area contributed by atoms with Crippen molar-refractivity contribution in [3.8, 4) is 0 Å². The Balaban J connectivity index is 1.49. The molecular formula is C23H19N3O5S3. The van der Waals surface area contributed by atoms with Crippen LogP contribution in [-0.4, -0.2) is 21.8 Å². The number of fused-ring (bicyclic) bond motifs is 2. The van der Waals surface area contributed by atoms with Gasteiger partial charge >= 0.3 is 0 Å². The van der Waals surface area contributed by atoms with Crippen molar-refractivity contribution in [2.45, 2.75) is 23.8 Å². The molecular weight excluding hydrogens is 494 g/mol. The number of nitrogens with one attached hydrogen (secondary N) is 2. The Labute approximate surface area is 200 Å². The Morgan fingerprint density at radius 1 is 0.824 bits per heavy atom. The van der Waals surface area contributed by atoms with Crippen LogP contribution < -0.4 is 9.44 Å². The molecule has 0 fully saturated rings. The maximum Gasteiger partial charge on any atom is 0.295 e. The van der Waals surface area contributed by atoms with Crippen LogP contribution >= 0.6 is 11.3 Å². The highest BCUT2D eigenvalue weighted by Gasteiger charge is 2.23. The van der Waals surface area contributed by atoms with Gasteiger partial charge in [0.1, 0.15) is 5.58 Å². The van der Waals surface area contributed by atoms with Crippen LogP contribution in [0.3, 0.4) is 0 Å². The van der Waals surface area contributed by atoms with Crippen LogP contribution in [0.4, 0.5) is 11.4 Å². The van der Waals surface area contributed by atoms with Crippen molar-refractivity contribution in [2.24, 2.45) is 0 Å². The maximum atomic E-state index is 13.1. The fourth-order valence-corrected chi connectivity index (χ4v) is 6.59. The van der Waals surface area contributed by atoms with Crippen LogP contribution in [0.2, 0.25) is 0 Å². The number of anilines is 2. The number of hydrogen-bond acceptors (Lipinski definition) is 7. The Bertz CT molecular complexity index is 1740. The molecule has 0 spiro atoms. The van der Waals surface area contributed by atoms with Gasteiger partial charge < -0.3 is 4.42 Å². The lowest BCUT2D eigenvalue weighted by Gasteiger charge is -2.15. The van der Waals surface area contributed by atoms with E-state index in [2.05, 4.69) is 14.4 Å². The monoisotopic (exact) mass is 513 g/mol. The highest BCUT2D eigenvalue weighted by molar-refractivity contribution is 7.93. The number of aromatic nitrogens is 1. The van der Waals surface area contributed by atoms with Gasteiger partial charge in [0.25, 0.3) is 20.0 Å². The molecule has 0 saturated heterocycles. The Morgan fingerprint density at radius 2 is 1.59 bits per heavy atom. The van der Waals surface area contributed by atoms with E-state index in [4.69, 9.17) is 4.42 Å². The molecule has 0 bridgehead atoms. The fraction of sp³-hybridized carbons (Fsp3) is 0.0870. The highest BCUT2D eigenvalue weighted by Crippen LogP contribution is 2.31. The molecule has 0 radical (unpaired) electrons. The third-order valence-corrected chi connectivity index (χ3v) is 8.62. The molecule has 2 aromatic heterocycles. The molecule has 2 heterocycles. The summed E-state index contributed by atoms with van der Waals surface area (Å²) in [6.07, 6.45) is 0. The third kappa shape index (κ3) is 4.25. The number of sulfonamides is 2. The predicted octanol–water partition coefficient (Wildman–Crippen LogP) is 5.26. The summed E-state index contributed by atoms with van der Waals surface area (Å²) in [4.78, 5) is 4.40. The molecule has 8 nitrogen and oxygen atoms in total. The second-order valence-electron chi connectivity index (χ2n) is 7.73. The summed E-state index contributed by atoms with van der Waals surface area (Å²) in [5.74, 6) is 0. The number of para-hydroxylation sites is 1. The first-order chi connectivity index (χ1) is 16.1. The number of benzene rings is 3. The standard InChI is InChI=1S/C23H19N3O5S3/c1-14-7-9-18(25-33(27,28)17-8-10-19-22(13-17)32-15(2)24-19)20(11-14)26-34(29,30)23-12-16-5-3-4-6-21(16)31-23/h3-13,25-26H,1-2H3. The number of aryl methyl sites for hydroxylation is 2. The molecule has 3 aromatic carbocycles. The zero-order valence-corrected chi connectivity index (χ0v) is 20.5. The largest absolute Gasteiger partial charge is 0.443 e. The SMILES string of the molecule is Cc1ccc(NS(=O)(=O)c2ccc3nc(C)sc3c2)c(NS(=O)(=O)c2cc3ccccc3o2)c1. The van der Waals surface area contributed by atoms with E-state index in [0.717, 1.165) is 20.8 Å². The van der Waals surface area contributed by atoms with Crippen molar-refractivity contribution >= 4 is 63.9 Å². The zero-order chi connectivity index (χ0) is 24.1. The van der Waals surface area contributed by atoms with E-state index in [-0.39, 0.29) is 21.4 Å².